The molecule has 18 heavy (non-hydrogen) atoms. The van der Waals surface area contributed by atoms with Crippen LogP contribution in [0, 0.1) is 0 Å². The monoisotopic (exact) mass is 257 g/mol. The first kappa shape index (κ1) is 12.9. The van der Waals surface area contributed by atoms with Gasteiger partial charge in [0, 0.05) is 26.2 Å². The van der Waals surface area contributed by atoms with E-state index in [1.165, 1.54) is 4.90 Å². The first-order valence-electron chi connectivity index (χ1n) is 6.04. The number of nitrogens with zero attached hydrogens (tertiary/aromatic N) is 3. The van der Waals surface area contributed by atoms with Crippen LogP contribution in [-0.2, 0) is 0 Å². The van der Waals surface area contributed by atoms with Gasteiger partial charge in [0.15, 0.2) is 0 Å². The molecule has 3 amide bonds. The summed E-state index contributed by atoms with van der Waals surface area (Å²) in [5, 5.41) is 18.7. The number of rotatable bonds is 2. The highest BCUT2D eigenvalue weighted by Crippen LogP contribution is 2.22. The molecule has 0 saturated carbocycles. The number of carbonyl (C=O) groups is 2. The molecule has 2 fully saturated rings. The predicted octanol–water partition coefficient (Wildman–Crippen LogP) is -0.143. The molecule has 0 aromatic carbocycles. The van der Waals surface area contributed by atoms with Crippen molar-refractivity contribution in [2.24, 2.45) is 0 Å². The zero-order valence-corrected chi connectivity index (χ0v) is 10.7. The molecule has 7 nitrogen and oxygen atoms in total. The van der Waals surface area contributed by atoms with Gasteiger partial charge in [-0.05, 0) is 13.8 Å². The summed E-state index contributed by atoms with van der Waals surface area (Å²) in [6, 6.07) is -0.197. The van der Waals surface area contributed by atoms with Gasteiger partial charge in [-0.2, -0.15) is 0 Å². The highest BCUT2D eigenvalue weighted by atomic mass is 16.4. The molecule has 0 spiro atoms. The van der Waals surface area contributed by atoms with Crippen LogP contribution in [0.15, 0.2) is 0 Å². The summed E-state index contributed by atoms with van der Waals surface area (Å²) in [4.78, 5) is 27.6. The maximum absolute atomic E-state index is 12.1. The molecular formula is C11H19N3O4. The predicted molar refractivity (Wildman–Crippen MR) is 63.4 cm³/mol. The van der Waals surface area contributed by atoms with Crippen LogP contribution >= 0.6 is 0 Å². The third kappa shape index (κ3) is 2.50. The Balaban J connectivity index is 2.02. The quantitative estimate of drug-likeness (QED) is 0.721. The average Bonchev–Trinajstić information content (AvgIpc) is 2.53. The summed E-state index contributed by atoms with van der Waals surface area (Å²) >= 11 is 0. The summed E-state index contributed by atoms with van der Waals surface area (Å²) in [5.74, 6) is 0. The van der Waals surface area contributed by atoms with E-state index >= 15 is 0 Å². The molecule has 0 bridgehead atoms. The number of urea groups is 1. The second kappa shape index (κ2) is 4.31. The maximum atomic E-state index is 12.1. The first-order valence-corrected chi connectivity index (χ1v) is 6.04. The second-order valence-electron chi connectivity index (χ2n) is 5.55. The van der Waals surface area contributed by atoms with Crippen LogP contribution in [0.25, 0.3) is 0 Å². The van der Waals surface area contributed by atoms with E-state index in [-0.39, 0.29) is 18.6 Å². The van der Waals surface area contributed by atoms with Gasteiger partial charge in [0.25, 0.3) is 0 Å². The second-order valence-corrected chi connectivity index (χ2v) is 5.55. The summed E-state index contributed by atoms with van der Waals surface area (Å²) < 4.78 is 0. The standard InChI is InChI=1S/C11H19N3O4/c1-11(2,18)7-13-6-8-5-12(10(16)17)3-4-14(8)9(13)15/h8,18H,3-7H2,1-2H3,(H,16,17). The lowest BCUT2D eigenvalue weighted by Crippen LogP contribution is -2.53. The minimum Gasteiger partial charge on any atom is -0.465 e. The van der Waals surface area contributed by atoms with E-state index in [1.807, 2.05) is 0 Å². The molecule has 1 unspecified atom stereocenters. The number of fused-ring (bicyclic) bond motifs is 1. The summed E-state index contributed by atoms with van der Waals surface area (Å²) in [5.41, 5.74) is -0.934. The van der Waals surface area contributed by atoms with Crippen molar-refractivity contribution in [3.05, 3.63) is 0 Å². The lowest BCUT2D eigenvalue weighted by molar-refractivity contribution is 0.0511. The highest BCUT2D eigenvalue weighted by molar-refractivity contribution is 5.78. The topological polar surface area (TPSA) is 84.3 Å². The third-order valence-corrected chi connectivity index (χ3v) is 3.28. The average molecular weight is 257 g/mol. The molecule has 2 saturated heterocycles. The van der Waals surface area contributed by atoms with E-state index in [0.717, 1.165) is 0 Å². The fourth-order valence-corrected chi connectivity index (χ4v) is 2.55. The third-order valence-electron chi connectivity index (χ3n) is 3.28. The van der Waals surface area contributed by atoms with Crippen LogP contribution in [0.4, 0.5) is 9.59 Å². The molecule has 2 heterocycles. The Hall–Kier alpha value is -1.50. The maximum Gasteiger partial charge on any atom is 0.407 e. The Labute approximate surface area is 106 Å². The lowest BCUT2D eigenvalue weighted by atomic mass is 10.1. The van der Waals surface area contributed by atoms with Crippen molar-refractivity contribution in [2.75, 3.05) is 32.7 Å². The molecule has 7 heteroatoms. The molecule has 102 valence electrons. The fourth-order valence-electron chi connectivity index (χ4n) is 2.55. The number of piperazine rings is 1. The Kier molecular flexibility index (Phi) is 3.10. The van der Waals surface area contributed by atoms with Crippen LogP contribution in [0.1, 0.15) is 13.8 Å². The normalized spacial score (nSPS) is 24.5. The lowest BCUT2D eigenvalue weighted by Gasteiger charge is -2.34. The van der Waals surface area contributed by atoms with Crippen LogP contribution in [0.2, 0.25) is 0 Å². The van der Waals surface area contributed by atoms with Gasteiger partial charge in [0.05, 0.1) is 18.2 Å². The number of amides is 3. The highest BCUT2D eigenvalue weighted by Gasteiger charge is 2.42. The first-order chi connectivity index (χ1) is 8.28. The van der Waals surface area contributed by atoms with E-state index in [0.29, 0.717) is 26.2 Å². The molecular weight excluding hydrogens is 238 g/mol. The van der Waals surface area contributed by atoms with Gasteiger partial charge in [0.1, 0.15) is 0 Å². The van der Waals surface area contributed by atoms with Gasteiger partial charge in [-0.25, -0.2) is 9.59 Å². The van der Waals surface area contributed by atoms with Crippen molar-refractivity contribution < 1.29 is 19.8 Å². The zero-order chi connectivity index (χ0) is 13.5. The van der Waals surface area contributed by atoms with Gasteiger partial charge >= 0.3 is 12.1 Å². The smallest absolute Gasteiger partial charge is 0.407 e. The van der Waals surface area contributed by atoms with Crippen LogP contribution < -0.4 is 0 Å². The Morgan fingerprint density at radius 1 is 1.39 bits per heavy atom. The molecule has 0 aromatic rings. The van der Waals surface area contributed by atoms with Crippen molar-refractivity contribution >= 4 is 12.1 Å². The Morgan fingerprint density at radius 3 is 2.61 bits per heavy atom. The summed E-state index contributed by atoms with van der Waals surface area (Å²) in [6.07, 6.45) is -0.942. The van der Waals surface area contributed by atoms with E-state index in [4.69, 9.17) is 5.11 Å². The molecule has 2 N–H and O–H groups in total. The van der Waals surface area contributed by atoms with Gasteiger partial charge in [0.2, 0.25) is 0 Å². The van der Waals surface area contributed by atoms with Crippen molar-refractivity contribution in [2.45, 2.75) is 25.5 Å². The largest absolute Gasteiger partial charge is 0.465 e. The molecule has 0 aromatic heterocycles. The molecule has 1 atom stereocenters. The summed E-state index contributed by atoms with van der Waals surface area (Å²) in [6.45, 7) is 5.19. The van der Waals surface area contributed by atoms with Crippen LogP contribution in [-0.4, -0.2) is 81.4 Å². The SMILES string of the molecule is CC(C)(O)CN1CC2CN(C(=O)O)CCN2C1=O. The summed E-state index contributed by atoms with van der Waals surface area (Å²) in [7, 11) is 0. The molecule has 2 rings (SSSR count). The molecule has 2 aliphatic rings. The van der Waals surface area contributed by atoms with Gasteiger partial charge in [-0.1, -0.05) is 0 Å². The number of β-amino-alcohol motifs (C(OH)–C–C–N with tert-alkyl or cyclic N) is 1. The van der Waals surface area contributed by atoms with E-state index in [2.05, 4.69) is 0 Å². The number of hydrogen-bond donors (Lipinski definition) is 2. The van der Waals surface area contributed by atoms with Crippen molar-refractivity contribution in [1.29, 1.82) is 0 Å². The van der Waals surface area contributed by atoms with Crippen LogP contribution in [0.5, 0.6) is 0 Å². The van der Waals surface area contributed by atoms with Crippen molar-refractivity contribution in [1.82, 2.24) is 14.7 Å². The van der Waals surface area contributed by atoms with Gasteiger partial charge in [-0.15, -0.1) is 0 Å². The number of hydrogen-bond acceptors (Lipinski definition) is 3. The zero-order valence-electron chi connectivity index (χ0n) is 10.7. The molecule has 2 aliphatic heterocycles. The number of aliphatic hydroxyl groups is 1. The fraction of sp³-hybridized carbons (Fsp3) is 0.818. The minimum atomic E-state index is -0.942. The Morgan fingerprint density at radius 2 is 2.06 bits per heavy atom. The minimum absolute atomic E-state index is 0.0929. The molecule has 0 radical (unpaired) electrons. The van der Waals surface area contributed by atoms with Gasteiger partial charge < -0.3 is 24.9 Å². The van der Waals surface area contributed by atoms with E-state index < -0.39 is 11.7 Å². The van der Waals surface area contributed by atoms with Crippen molar-refractivity contribution in [3.8, 4) is 0 Å². The molecule has 0 aliphatic carbocycles. The Bertz CT molecular complexity index is 366. The van der Waals surface area contributed by atoms with Crippen molar-refractivity contribution in [3.63, 3.8) is 0 Å². The number of carboxylic acid groups (broad SMARTS) is 1. The van der Waals surface area contributed by atoms with Crippen LogP contribution in [0.3, 0.4) is 0 Å². The number of carbonyl (C=O) groups excluding carboxylic acids is 1. The van der Waals surface area contributed by atoms with E-state index in [9.17, 15) is 14.7 Å². The van der Waals surface area contributed by atoms with E-state index in [1.54, 1.807) is 23.6 Å². The van der Waals surface area contributed by atoms with Gasteiger partial charge in [-0.3, -0.25) is 0 Å².